The van der Waals surface area contributed by atoms with E-state index in [-0.39, 0.29) is 29.4 Å². The fourth-order valence-corrected chi connectivity index (χ4v) is 5.92. The van der Waals surface area contributed by atoms with Gasteiger partial charge in [-0.1, -0.05) is 6.07 Å². The van der Waals surface area contributed by atoms with Crippen molar-refractivity contribution in [3.05, 3.63) is 30.1 Å². The van der Waals surface area contributed by atoms with Crippen molar-refractivity contribution in [3.63, 3.8) is 0 Å². The number of ether oxygens (including phenoxy) is 1. The van der Waals surface area contributed by atoms with Gasteiger partial charge in [-0.2, -0.15) is 4.31 Å². The van der Waals surface area contributed by atoms with Gasteiger partial charge in [0, 0.05) is 52.0 Å². The molecule has 0 radical (unpaired) electrons. The number of nitrogens with zero attached hydrogens (tertiary/aromatic N) is 2. The molecule has 0 saturated carbocycles. The third-order valence-electron chi connectivity index (χ3n) is 6.13. The van der Waals surface area contributed by atoms with Gasteiger partial charge < -0.3 is 9.64 Å². The van der Waals surface area contributed by atoms with Crippen molar-refractivity contribution in [2.45, 2.75) is 54.6 Å². The van der Waals surface area contributed by atoms with Crippen LogP contribution in [-0.2, 0) is 14.8 Å². The maximum Gasteiger partial charge on any atom is 0.250 e. The summed E-state index contributed by atoms with van der Waals surface area (Å²) in [5.41, 5.74) is -0.307. The molecule has 156 valence electrons. The summed E-state index contributed by atoms with van der Waals surface area (Å²) in [6.45, 7) is 2.10. The zero-order valence-corrected chi connectivity index (χ0v) is 16.4. The van der Waals surface area contributed by atoms with E-state index in [0.29, 0.717) is 45.6 Å². The Bertz CT molecular complexity index is 807. The molecule has 0 N–H and O–H groups in total. The van der Waals surface area contributed by atoms with Gasteiger partial charge in [-0.3, -0.25) is 0 Å². The van der Waals surface area contributed by atoms with E-state index in [4.69, 9.17) is 4.74 Å². The molecule has 0 bridgehead atoms. The number of alkyl halides is 2. The van der Waals surface area contributed by atoms with Crippen molar-refractivity contribution in [3.8, 4) is 0 Å². The van der Waals surface area contributed by atoms with Gasteiger partial charge in [-0.15, -0.1) is 0 Å². The van der Waals surface area contributed by atoms with E-state index in [0.717, 1.165) is 12.5 Å². The summed E-state index contributed by atoms with van der Waals surface area (Å²) in [4.78, 5) is 2.00. The molecule has 4 rings (SSSR count). The first-order chi connectivity index (χ1) is 13.2. The summed E-state index contributed by atoms with van der Waals surface area (Å²) in [5.74, 6) is -3.12. The average molecular weight is 418 g/mol. The quantitative estimate of drug-likeness (QED) is 0.755. The molecule has 3 aliphatic rings. The average Bonchev–Trinajstić information content (AvgIpc) is 2.62. The van der Waals surface area contributed by atoms with Gasteiger partial charge in [0.15, 0.2) is 0 Å². The fourth-order valence-electron chi connectivity index (χ4n) is 4.44. The number of sulfonamides is 1. The van der Waals surface area contributed by atoms with Crippen LogP contribution in [0, 0.1) is 5.82 Å². The predicted octanol–water partition coefficient (Wildman–Crippen LogP) is 2.87. The highest BCUT2D eigenvalue weighted by Crippen LogP contribution is 2.43. The molecule has 0 aromatic heterocycles. The van der Waals surface area contributed by atoms with Crippen LogP contribution in [0.4, 0.5) is 13.2 Å². The Kier molecular flexibility index (Phi) is 5.22. The van der Waals surface area contributed by atoms with Crippen LogP contribution in [0.25, 0.3) is 0 Å². The lowest BCUT2D eigenvalue weighted by Crippen LogP contribution is -2.60. The molecule has 9 heteroatoms. The van der Waals surface area contributed by atoms with Crippen LogP contribution in [-0.4, -0.2) is 68.0 Å². The van der Waals surface area contributed by atoms with E-state index < -0.39 is 21.8 Å². The van der Waals surface area contributed by atoms with Gasteiger partial charge in [0.1, 0.15) is 5.82 Å². The Hall–Kier alpha value is -1.16. The highest BCUT2D eigenvalue weighted by Gasteiger charge is 2.49. The third-order valence-corrected chi connectivity index (χ3v) is 8.03. The molecule has 1 aromatic carbocycles. The fraction of sp³-hybridized carbons (Fsp3) is 0.684. The predicted molar refractivity (Wildman–Crippen MR) is 97.2 cm³/mol. The van der Waals surface area contributed by atoms with E-state index >= 15 is 0 Å². The van der Waals surface area contributed by atoms with Crippen LogP contribution < -0.4 is 0 Å². The van der Waals surface area contributed by atoms with Gasteiger partial charge in [0.2, 0.25) is 10.0 Å². The molecule has 3 heterocycles. The van der Waals surface area contributed by atoms with Crippen molar-refractivity contribution >= 4 is 10.0 Å². The number of rotatable bonds is 4. The summed E-state index contributed by atoms with van der Waals surface area (Å²) in [5, 5.41) is 0. The molecule has 1 atom stereocenters. The number of piperidine rings is 2. The molecular formula is C19H25F3N2O3S. The topological polar surface area (TPSA) is 49.9 Å². The van der Waals surface area contributed by atoms with Crippen LogP contribution in [0.2, 0.25) is 0 Å². The summed E-state index contributed by atoms with van der Waals surface area (Å²) >= 11 is 0. The van der Waals surface area contributed by atoms with Crippen molar-refractivity contribution in [2.75, 3.05) is 32.7 Å². The van der Waals surface area contributed by atoms with Crippen molar-refractivity contribution in [1.82, 2.24) is 9.21 Å². The lowest BCUT2D eigenvalue weighted by Gasteiger charge is -2.53. The largest absolute Gasteiger partial charge is 0.370 e. The Morgan fingerprint density at radius 2 is 1.71 bits per heavy atom. The zero-order valence-electron chi connectivity index (χ0n) is 15.6. The second-order valence-corrected chi connectivity index (χ2v) is 10.1. The van der Waals surface area contributed by atoms with Crippen LogP contribution in [0.15, 0.2) is 29.2 Å². The number of hydrogen-bond acceptors (Lipinski definition) is 4. The van der Waals surface area contributed by atoms with Crippen molar-refractivity contribution in [1.29, 1.82) is 0 Å². The summed E-state index contributed by atoms with van der Waals surface area (Å²) < 4.78 is 72.7. The Morgan fingerprint density at radius 3 is 2.32 bits per heavy atom. The van der Waals surface area contributed by atoms with E-state index in [1.807, 2.05) is 4.90 Å². The second-order valence-electron chi connectivity index (χ2n) is 8.15. The summed E-state index contributed by atoms with van der Waals surface area (Å²) in [6, 6.07) is 5.05. The standard InChI is InChI=1S/C19H25F3N2O3S/c20-15-2-1-3-17(12-15)28(25,26)24-10-4-18(5-11-24)13-16(27-18)14-23-8-6-19(21,22)7-9-23/h1-3,12,16H,4-11,13-14H2. The highest BCUT2D eigenvalue weighted by molar-refractivity contribution is 7.89. The maximum atomic E-state index is 13.4. The Morgan fingerprint density at radius 1 is 1.07 bits per heavy atom. The highest BCUT2D eigenvalue weighted by atomic mass is 32.2. The van der Waals surface area contributed by atoms with Crippen molar-refractivity contribution in [2.24, 2.45) is 0 Å². The van der Waals surface area contributed by atoms with Gasteiger partial charge in [-0.05, 0) is 31.0 Å². The molecule has 0 amide bonds. The van der Waals surface area contributed by atoms with E-state index in [1.54, 1.807) is 0 Å². The lowest BCUT2D eigenvalue weighted by atomic mass is 9.81. The van der Waals surface area contributed by atoms with Crippen LogP contribution in [0.3, 0.4) is 0 Å². The first kappa shape index (κ1) is 20.1. The zero-order chi connectivity index (χ0) is 20.0. The van der Waals surface area contributed by atoms with Crippen LogP contribution in [0.1, 0.15) is 32.1 Å². The minimum atomic E-state index is -3.71. The van der Waals surface area contributed by atoms with Gasteiger partial charge >= 0.3 is 0 Å². The molecule has 1 spiro atoms. The normalized spacial score (nSPS) is 28.2. The smallest absolute Gasteiger partial charge is 0.250 e. The molecule has 0 aliphatic carbocycles. The molecule has 1 unspecified atom stereocenters. The molecule has 5 nitrogen and oxygen atoms in total. The minimum Gasteiger partial charge on any atom is -0.370 e. The molecule has 28 heavy (non-hydrogen) atoms. The van der Waals surface area contributed by atoms with E-state index in [9.17, 15) is 21.6 Å². The molecular weight excluding hydrogens is 393 g/mol. The second kappa shape index (κ2) is 7.27. The first-order valence-electron chi connectivity index (χ1n) is 9.71. The minimum absolute atomic E-state index is 0.0260. The first-order valence-corrected chi connectivity index (χ1v) is 11.2. The molecule has 1 aromatic rings. The van der Waals surface area contributed by atoms with E-state index in [2.05, 4.69) is 0 Å². The monoisotopic (exact) mass is 418 g/mol. The van der Waals surface area contributed by atoms with E-state index in [1.165, 1.54) is 22.5 Å². The third kappa shape index (κ3) is 4.08. The molecule has 3 aliphatic heterocycles. The lowest BCUT2D eigenvalue weighted by molar-refractivity contribution is -0.228. The Labute approximate surface area is 163 Å². The van der Waals surface area contributed by atoms with Gasteiger partial charge in [0.25, 0.3) is 5.92 Å². The number of hydrogen-bond donors (Lipinski definition) is 0. The Balaban J connectivity index is 1.27. The van der Waals surface area contributed by atoms with Crippen LogP contribution >= 0.6 is 0 Å². The van der Waals surface area contributed by atoms with Gasteiger partial charge in [0.05, 0.1) is 16.6 Å². The number of likely N-dealkylation sites (tertiary alicyclic amines) is 1. The van der Waals surface area contributed by atoms with Crippen molar-refractivity contribution < 1.29 is 26.3 Å². The number of benzene rings is 1. The summed E-state index contributed by atoms with van der Waals surface area (Å²) in [6.07, 6.45) is 1.84. The molecule has 3 saturated heterocycles. The molecule has 3 fully saturated rings. The summed E-state index contributed by atoms with van der Waals surface area (Å²) in [7, 11) is -3.71. The van der Waals surface area contributed by atoms with Gasteiger partial charge in [-0.25, -0.2) is 21.6 Å². The maximum absolute atomic E-state index is 13.4. The number of halogens is 3. The SMILES string of the molecule is O=S(=O)(c1cccc(F)c1)N1CCC2(CC1)CC(CN1CCC(F)(F)CC1)O2. The van der Waals surface area contributed by atoms with Crippen LogP contribution in [0.5, 0.6) is 0 Å².